The molecule has 7 aliphatic rings. The third-order valence-electron chi connectivity index (χ3n) is 9.84. The lowest BCUT2D eigenvalue weighted by Crippen LogP contribution is -2.81. The predicted molar refractivity (Wildman–Crippen MR) is 122 cm³/mol. The molecule has 1 saturated carbocycles. The highest BCUT2D eigenvalue weighted by atomic mass is 16.5. The highest BCUT2D eigenvalue weighted by Crippen LogP contribution is 2.70. The summed E-state index contributed by atoms with van der Waals surface area (Å²) >= 11 is 0. The molecule has 6 aliphatic heterocycles. The summed E-state index contributed by atoms with van der Waals surface area (Å²) in [5.74, 6) is 0.523. The predicted octanol–water partition coefficient (Wildman–Crippen LogP) is 2.74. The van der Waals surface area contributed by atoms with Gasteiger partial charge in [-0.3, -0.25) is 14.4 Å². The molecular formula is C26H29N3O4. The fourth-order valence-corrected chi connectivity index (χ4v) is 8.24. The number of benzene rings is 1. The monoisotopic (exact) mass is 447 g/mol. The van der Waals surface area contributed by atoms with Crippen LogP contribution in [0.1, 0.15) is 64.5 Å². The number of anilines is 1. The Balaban J connectivity index is 1.43. The standard InChI is InChI=1S/C26H29N3O4/c1-22(2)10-8-14-16(33-22)7-6-15-18(14)27-20(31)25(15)13-26-17(23(25,3)4)12-24(19(30)28-26)9-5-11-29(24)21(26)32/h6-8,10,17H,5,9,11-13H2,1-4H3,(H,27,31)(H,28,30)/t17-,24+,25+,26?/m0/s1. The van der Waals surface area contributed by atoms with Crippen molar-refractivity contribution >= 4 is 29.5 Å². The molecule has 3 amide bonds. The molecule has 0 radical (unpaired) electrons. The molecule has 2 N–H and O–H groups in total. The largest absolute Gasteiger partial charge is 0.483 e. The highest BCUT2D eigenvalue weighted by Gasteiger charge is 2.80. The highest BCUT2D eigenvalue weighted by molar-refractivity contribution is 6.12. The quantitative estimate of drug-likeness (QED) is 0.640. The van der Waals surface area contributed by atoms with Crippen molar-refractivity contribution in [3.8, 4) is 5.75 Å². The molecule has 33 heavy (non-hydrogen) atoms. The van der Waals surface area contributed by atoms with E-state index in [2.05, 4.69) is 24.5 Å². The SMILES string of the molecule is CC1(C)C=Cc2c(ccc3c2NC(=O)[C@@]32CC34NC(=O)[C@@]5(CCCN5C3=O)C[C@H]4C2(C)C)O1. The van der Waals surface area contributed by atoms with Crippen LogP contribution < -0.4 is 15.4 Å². The number of ether oxygens (including phenoxy) is 1. The molecule has 1 aromatic rings. The number of piperazine rings is 1. The first-order valence-electron chi connectivity index (χ1n) is 12.0. The summed E-state index contributed by atoms with van der Waals surface area (Å²) in [5, 5.41) is 6.36. The molecule has 2 bridgehead atoms. The molecule has 1 unspecified atom stereocenters. The van der Waals surface area contributed by atoms with E-state index in [9.17, 15) is 14.4 Å². The van der Waals surface area contributed by atoms with Crippen molar-refractivity contribution in [1.82, 2.24) is 10.2 Å². The second-order valence-corrected chi connectivity index (χ2v) is 12.0. The van der Waals surface area contributed by atoms with Gasteiger partial charge in [-0.25, -0.2) is 0 Å². The van der Waals surface area contributed by atoms with Gasteiger partial charge in [0.05, 0.1) is 11.1 Å². The second-order valence-electron chi connectivity index (χ2n) is 12.0. The number of carbonyl (C=O) groups is 3. The molecule has 7 nitrogen and oxygen atoms in total. The molecular weight excluding hydrogens is 418 g/mol. The van der Waals surface area contributed by atoms with E-state index in [1.165, 1.54) is 0 Å². The maximum Gasteiger partial charge on any atom is 0.249 e. The minimum absolute atomic E-state index is 0.00462. The summed E-state index contributed by atoms with van der Waals surface area (Å²) in [7, 11) is 0. The Labute approximate surface area is 192 Å². The van der Waals surface area contributed by atoms with E-state index in [4.69, 9.17) is 4.74 Å². The van der Waals surface area contributed by atoms with E-state index < -0.39 is 27.5 Å². The van der Waals surface area contributed by atoms with E-state index in [0.29, 0.717) is 25.8 Å². The van der Waals surface area contributed by atoms with Crippen molar-refractivity contribution in [2.75, 3.05) is 11.9 Å². The number of nitrogens with zero attached hydrogens (tertiary/aromatic N) is 1. The fourth-order valence-electron chi connectivity index (χ4n) is 8.24. The Morgan fingerprint density at radius 2 is 1.88 bits per heavy atom. The van der Waals surface area contributed by atoms with E-state index in [0.717, 1.165) is 29.0 Å². The zero-order valence-electron chi connectivity index (χ0n) is 19.5. The maximum atomic E-state index is 13.9. The van der Waals surface area contributed by atoms with Crippen LogP contribution in [0, 0.1) is 11.3 Å². The smallest absolute Gasteiger partial charge is 0.249 e. The number of fused-ring (bicyclic) bond motifs is 5. The van der Waals surface area contributed by atoms with E-state index in [-0.39, 0.29) is 23.6 Å². The van der Waals surface area contributed by atoms with Crippen LogP contribution in [0.15, 0.2) is 18.2 Å². The van der Waals surface area contributed by atoms with Gasteiger partial charge < -0.3 is 20.3 Å². The number of hydrogen-bond donors (Lipinski definition) is 2. The minimum atomic E-state index is -1.03. The van der Waals surface area contributed by atoms with Gasteiger partial charge >= 0.3 is 0 Å². The second kappa shape index (κ2) is 5.29. The minimum Gasteiger partial charge on any atom is -0.483 e. The van der Waals surface area contributed by atoms with Gasteiger partial charge in [0.15, 0.2) is 0 Å². The van der Waals surface area contributed by atoms with Crippen LogP contribution >= 0.6 is 0 Å². The molecule has 4 saturated heterocycles. The Bertz CT molecular complexity index is 1230. The zero-order chi connectivity index (χ0) is 23.2. The van der Waals surface area contributed by atoms with E-state index >= 15 is 0 Å². The molecule has 8 rings (SSSR count). The van der Waals surface area contributed by atoms with E-state index in [1.54, 1.807) is 0 Å². The van der Waals surface area contributed by atoms with Gasteiger partial charge in [-0.2, -0.15) is 0 Å². The molecule has 3 spiro atoms. The van der Waals surface area contributed by atoms with Crippen LogP contribution in [0.3, 0.4) is 0 Å². The number of hydrogen-bond acceptors (Lipinski definition) is 4. The van der Waals surface area contributed by atoms with Crippen molar-refractivity contribution in [1.29, 1.82) is 0 Å². The van der Waals surface area contributed by atoms with Crippen molar-refractivity contribution in [2.24, 2.45) is 11.3 Å². The van der Waals surface area contributed by atoms with Crippen molar-refractivity contribution in [2.45, 2.75) is 75.5 Å². The molecule has 172 valence electrons. The average Bonchev–Trinajstić information content (AvgIpc) is 3.35. The Kier molecular flexibility index (Phi) is 3.14. The van der Waals surface area contributed by atoms with Crippen molar-refractivity contribution in [3.05, 3.63) is 29.3 Å². The summed E-state index contributed by atoms with van der Waals surface area (Å²) in [5.41, 5.74) is -1.06. The van der Waals surface area contributed by atoms with Crippen LogP contribution in [0.5, 0.6) is 5.75 Å². The summed E-state index contributed by atoms with van der Waals surface area (Å²) in [6.45, 7) is 8.86. The summed E-state index contributed by atoms with van der Waals surface area (Å²) in [4.78, 5) is 43.0. The van der Waals surface area contributed by atoms with Crippen LogP contribution in [-0.2, 0) is 19.8 Å². The average molecular weight is 448 g/mol. The number of amides is 3. The van der Waals surface area contributed by atoms with E-state index in [1.807, 2.05) is 43.0 Å². The first kappa shape index (κ1) is 19.6. The van der Waals surface area contributed by atoms with Gasteiger partial charge in [0.1, 0.15) is 22.4 Å². The van der Waals surface area contributed by atoms with Gasteiger partial charge in [0, 0.05) is 18.0 Å². The van der Waals surface area contributed by atoms with Gasteiger partial charge in [-0.05, 0) is 68.7 Å². The number of piperidine rings is 2. The fraction of sp³-hybridized carbons (Fsp3) is 0.577. The number of nitrogens with one attached hydrogen (secondary N) is 2. The van der Waals surface area contributed by atoms with Gasteiger partial charge in [-0.1, -0.05) is 19.9 Å². The van der Waals surface area contributed by atoms with Crippen molar-refractivity contribution < 1.29 is 19.1 Å². The van der Waals surface area contributed by atoms with Gasteiger partial charge in [0.2, 0.25) is 17.7 Å². The molecule has 5 fully saturated rings. The van der Waals surface area contributed by atoms with Crippen LogP contribution in [0.4, 0.5) is 5.69 Å². The van der Waals surface area contributed by atoms with Gasteiger partial charge in [0.25, 0.3) is 0 Å². The van der Waals surface area contributed by atoms with Crippen LogP contribution in [0.2, 0.25) is 0 Å². The van der Waals surface area contributed by atoms with Crippen LogP contribution in [-0.4, -0.2) is 45.8 Å². The van der Waals surface area contributed by atoms with Crippen LogP contribution in [0.25, 0.3) is 6.08 Å². The summed E-state index contributed by atoms with van der Waals surface area (Å²) in [6.07, 6.45) is 6.51. The third kappa shape index (κ3) is 1.87. The summed E-state index contributed by atoms with van der Waals surface area (Å²) < 4.78 is 6.15. The Morgan fingerprint density at radius 1 is 1.09 bits per heavy atom. The third-order valence-corrected chi connectivity index (χ3v) is 9.84. The molecule has 4 atom stereocenters. The molecule has 6 heterocycles. The van der Waals surface area contributed by atoms with Gasteiger partial charge in [-0.15, -0.1) is 0 Å². The number of carbonyl (C=O) groups excluding carboxylic acids is 3. The molecule has 7 heteroatoms. The molecule has 1 aliphatic carbocycles. The summed E-state index contributed by atoms with van der Waals surface area (Å²) in [6, 6.07) is 3.95. The lowest BCUT2D eigenvalue weighted by molar-refractivity contribution is -0.175. The maximum absolute atomic E-state index is 13.9. The first-order valence-corrected chi connectivity index (χ1v) is 12.0. The lowest BCUT2D eigenvalue weighted by atomic mass is 9.57. The normalized spacial score (nSPS) is 40.2. The molecule has 0 aromatic heterocycles. The Hall–Kier alpha value is -2.83. The molecule has 1 aromatic carbocycles. The Morgan fingerprint density at radius 3 is 2.67 bits per heavy atom. The number of rotatable bonds is 0. The lowest BCUT2D eigenvalue weighted by Gasteiger charge is -2.59. The topological polar surface area (TPSA) is 87.7 Å². The first-order chi connectivity index (χ1) is 15.5. The van der Waals surface area contributed by atoms with Crippen molar-refractivity contribution in [3.63, 3.8) is 0 Å². The zero-order valence-corrected chi connectivity index (χ0v) is 19.5.